The second-order valence-corrected chi connectivity index (χ2v) is 4.19. The van der Waals surface area contributed by atoms with E-state index in [1.807, 2.05) is 0 Å². The van der Waals surface area contributed by atoms with Crippen LogP contribution in [0.3, 0.4) is 0 Å². The molecule has 0 radical (unpaired) electrons. The van der Waals surface area contributed by atoms with Crippen molar-refractivity contribution in [1.82, 2.24) is 0 Å². The normalized spacial score (nSPS) is 13.4. The van der Waals surface area contributed by atoms with Gasteiger partial charge in [-0.3, -0.25) is 14.1 Å². The summed E-state index contributed by atoms with van der Waals surface area (Å²) in [6.45, 7) is 0. The number of aliphatic carboxylic acids is 2. The van der Waals surface area contributed by atoms with Crippen LogP contribution in [0.2, 0.25) is 0 Å². The van der Waals surface area contributed by atoms with Gasteiger partial charge in [0, 0.05) is 0 Å². The Morgan fingerprint density at radius 3 is 1.65 bits per heavy atom. The Balaban J connectivity index is -0.000000340. The van der Waals surface area contributed by atoms with Crippen LogP contribution in [0.5, 0.6) is 0 Å². The van der Waals surface area contributed by atoms with E-state index in [0.29, 0.717) is 0 Å². The van der Waals surface area contributed by atoms with E-state index in [-0.39, 0.29) is 51.4 Å². The van der Waals surface area contributed by atoms with E-state index in [2.05, 4.69) is 0 Å². The number of carboxylic acids is 2. The molecule has 0 aromatic carbocycles. The number of carbonyl (C=O) groups is 2. The molecule has 0 aromatic rings. The Labute approximate surface area is 141 Å². The molecule has 0 aliphatic heterocycles. The third-order valence-corrected chi connectivity index (χ3v) is 2.08. The van der Waals surface area contributed by atoms with E-state index in [4.69, 9.17) is 28.1 Å². The zero-order valence-electron chi connectivity index (χ0n) is 8.34. The molecule has 0 aromatic heterocycles. The predicted octanol–water partition coefficient (Wildman–Crippen LogP) is -4.86. The van der Waals surface area contributed by atoms with Crippen molar-refractivity contribution in [3.8, 4) is 0 Å². The number of rotatable bonds is 4. The molecule has 0 bridgehead atoms. The van der Waals surface area contributed by atoms with Crippen molar-refractivity contribution < 1.29 is 97.5 Å². The Morgan fingerprint density at radius 1 is 1.29 bits per heavy atom. The molecule has 10 nitrogen and oxygen atoms in total. The van der Waals surface area contributed by atoms with E-state index in [9.17, 15) is 18.0 Å². The maximum absolute atomic E-state index is 10.2. The van der Waals surface area contributed by atoms with Gasteiger partial charge < -0.3 is 19.3 Å². The quantitative estimate of drug-likeness (QED) is 0.222. The summed E-state index contributed by atoms with van der Waals surface area (Å²) in [5, 5.41) is 13.9. The Morgan fingerprint density at radius 2 is 1.59 bits per heavy atom. The summed E-state index contributed by atoms with van der Waals surface area (Å²) in [7, 11) is -4.84. The van der Waals surface area contributed by atoms with Gasteiger partial charge in [-0.1, -0.05) is 0 Å². The monoisotopic (exact) mass is 318 g/mol. The second-order valence-electron chi connectivity index (χ2n) is 2.16. The van der Waals surface area contributed by atoms with Crippen LogP contribution in [-0.2, 0) is 31.1 Å². The summed E-state index contributed by atoms with van der Waals surface area (Å²) < 4.78 is 52.7. The van der Waals surface area contributed by atoms with Crippen LogP contribution in [0.4, 0.5) is 0 Å². The summed E-state index contributed by atoms with van der Waals surface area (Å²) in [6.07, 6.45) is -1.16. The first kappa shape index (κ1) is 22.7. The molecular weight excluding hydrogens is 311 g/mol. The molecule has 17 heavy (non-hydrogen) atoms. The van der Waals surface area contributed by atoms with Gasteiger partial charge in [0.15, 0.2) is 5.25 Å². The van der Waals surface area contributed by atoms with Crippen molar-refractivity contribution >= 4 is 33.4 Å². The first-order valence-electron chi connectivity index (χ1n) is 3.17. The van der Waals surface area contributed by atoms with Gasteiger partial charge in [-0.25, -0.2) is 4.21 Å². The zero-order valence-corrected chi connectivity index (χ0v) is 13.1. The van der Waals surface area contributed by atoms with Gasteiger partial charge in [0.2, 0.25) is 0 Å². The van der Waals surface area contributed by atoms with Crippen LogP contribution in [0.1, 0.15) is 6.42 Å². The number of carboxylic acid groups (broad SMARTS) is 2. The van der Waals surface area contributed by atoms with Crippen molar-refractivity contribution in [2.45, 2.75) is 11.7 Å². The standard InChI is InChI=1S/C4H6O7S.K.H2O3S/c5-3(6)1-2(4(7)8)12(9,10)11;;1-4(2)3/h2H,1H2,(H,5,6)(H,7,8)(H,9,10,11);;(H2,1,2,3)/q;+1;/p-1. The fraction of sp³-hybridized carbons (Fsp3) is 0.500. The molecule has 0 spiro atoms. The average Bonchev–Trinajstić information content (AvgIpc) is 1.95. The van der Waals surface area contributed by atoms with E-state index < -0.39 is 45.1 Å². The number of hydrogen-bond acceptors (Lipinski definition) is 6. The fourth-order valence-electron chi connectivity index (χ4n) is 0.479. The smallest absolute Gasteiger partial charge is 0.750 e. The molecule has 0 saturated carbocycles. The van der Waals surface area contributed by atoms with Crippen LogP contribution in [-0.4, -0.2) is 53.7 Å². The van der Waals surface area contributed by atoms with Crippen molar-refractivity contribution in [3.63, 3.8) is 0 Å². The molecule has 0 heterocycles. The van der Waals surface area contributed by atoms with Crippen LogP contribution in [0, 0.1) is 0 Å². The molecule has 96 valence electrons. The van der Waals surface area contributed by atoms with Gasteiger partial charge in [-0.2, -0.15) is 8.42 Å². The van der Waals surface area contributed by atoms with Crippen molar-refractivity contribution in [3.05, 3.63) is 0 Å². The third kappa shape index (κ3) is 16.6. The average molecular weight is 318 g/mol. The van der Waals surface area contributed by atoms with Crippen LogP contribution < -0.4 is 51.4 Å². The molecule has 2 atom stereocenters. The van der Waals surface area contributed by atoms with Gasteiger partial charge in [-0.15, -0.1) is 0 Å². The molecule has 2 unspecified atom stereocenters. The Bertz CT molecular complexity index is 370. The third-order valence-electron chi connectivity index (χ3n) is 0.995. The maximum atomic E-state index is 10.2. The second kappa shape index (κ2) is 10.5. The predicted molar refractivity (Wildman–Crippen MR) is 46.8 cm³/mol. The minimum atomic E-state index is -4.84. The molecule has 13 heteroatoms. The first-order chi connectivity index (χ1) is 6.98. The van der Waals surface area contributed by atoms with E-state index in [1.165, 1.54) is 0 Å². The van der Waals surface area contributed by atoms with E-state index >= 15 is 0 Å². The topological polar surface area (TPSA) is 189 Å². The molecule has 4 N–H and O–H groups in total. The summed E-state index contributed by atoms with van der Waals surface area (Å²) in [6, 6.07) is 0. The van der Waals surface area contributed by atoms with Gasteiger partial charge in [0.25, 0.3) is 10.1 Å². The van der Waals surface area contributed by atoms with Gasteiger partial charge >= 0.3 is 63.3 Å². The molecule has 0 aliphatic carbocycles. The van der Waals surface area contributed by atoms with Crippen molar-refractivity contribution in [2.24, 2.45) is 0 Å². The molecular formula is C4H7KO10S2. The summed E-state index contributed by atoms with van der Waals surface area (Å²) >= 11 is -2.86. The minimum Gasteiger partial charge on any atom is -0.750 e. The van der Waals surface area contributed by atoms with Crippen molar-refractivity contribution in [1.29, 1.82) is 0 Å². The van der Waals surface area contributed by atoms with Gasteiger partial charge in [0.05, 0.1) is 17.8 Å². The minimum absolute atomic E-state index is 0. The summed E-state index contributed by atoms with van der Waals surface area (Å²) in [5.41, 5.74) is 0. The van der Waals surface area contributed by atoms with Crippen LogP contribution in [0.25, 0.3) is 0 Å². The Hall–Kier alpha value is 0.556. The maximum Gasteiger partial charge on any atom is 1.00 e. The number of hydrogen-bond donors (Lipinski definition) is 4. The fourth-order valence-corrected chi connectivity index (χ4v) is 1.09. The molecule has 0 aliphatic rings. The molecule has 0 amide bonds. The van der Waals surface area contributed by atoms with Gasteiger partial charge in [0.1, 0.15) is 0 Å². The first-order valence-corrected chi connectivity index (χ1v) is 5.71. The van der Waals surface area contributed by atoms with E-state index in [1.54, 1.807) is 0 Å². The van der Waals surface area contributed by atoms with E-state index in [0.717, 1.165) is 0 Å². The SMILES string of the molecule is O=C(O)CC(C(=O)O)S(=O)(=O)O.O=S([O-])O.[K+]. The van der Waals surface area contributed by atoms with Crippen LogP contribution in [0.15, 0.2) is 0 Å². The zero-order chi connectivity index (χ0) is 13.5. The molecule has 0 saturated heterocycles. The largest absolute Gasteiger partial charge is 1.00 e. The van der Waals surface area contributed by atoms with Gasteiger partial charge in [-0.05, 0) is 0 Å². The molecule has 0 rings (SSSR count). The van der Waals surface area contributed by atoms with Crippen LogP contribution >= 0.6 is 0 Å². The van der Waals surface area contributed by atoms with Crippen molar-refractivity contribution in [2.75, 3.05) is 0 Å². The summed E-state index contributed by atoms with van der Waals surface area (Å²) in [5.74, 6) is -3.50. The molecule has 0 fully saturated rings. The summed E-state index contributed by atoms with van der Waals surface area (Å²) in [4.78, 5) is 20.0. The Kier molecular flexibility index (Phi) is 14.0.